The molecule has 0 unspecified atom stereocenters. The second-order valence-corrected chi connectivity index (χ2v) is 10.6. The minimum atomic E-state index is -3.46. The van der Waals surface area contributed by atoms with Gasteiger partial charge in [0.05, 0.1) is 28.3 Å². The Morgan fingerprint density at radius 1 is 1.23 bits per heavy atom. The van der Waals surface area contributed by atoms with Crippen molar-refractivity contribution >= 4 is 42.5 Å². The Morgan fingerprint density at radius 3 is 2.77 bits per heavy atom. The first kappa shape index (κ1) is 20.2. The molecule has 1 N–H and O–H groups in total. The first-order valence-electron chi connectivity index (χ1n) is 9.93. The van der Waals surface area contributed by atoms with Crippen LogP contribution in [0.5, 0.6) is 0 Å². The Hall–Kier alpha value is -2.75. The van der Waals surface area contributed by atoms with Crippen LogP contribution < -0.4 is 5.32 Å². The Bertz CT molecular complexity index is 1420. The van der Waals surface area contributed by atoms with Crippen LogP contribution in [0.2, 0.25) is 0 Å². The lowest BCUT2D eigenvalue weighted by atomic mass is 9.89. The maximum atomic E-state index is 12.6. The van der Waals surface area contributed by atoms with Gasteiger partial charge in [0.1, 0.15) is 0 Å². The van der Waals surface area contributed by atoms with E-state index < -0.39 is 10.1 Å². The van der Waals surface area contributed by atoms with Crippen LogP contribution in [-0.4, -0.2) is 42.1 Å². The Labute approximate surface area is 183 Å². The van der Waals surface area contributed by atoms with Crippen LogP contribution >= 0.6 is 11.3 Å². The van der Waals surface area contributed by atoms with Crippen molar-refractivity contribution in [3.63, 3.8) is 0 Å². The average molecular weight is 456 g/mol. The number of imidazole rings is 1. The van der Waals surface area contributed by atoms with E-state index in [2.05, 4.69) is 34.8 Å². The van der Waals surface area contributed by atoms with E-state index in [1.165, 1.54) is 5.56 Å². The maximum Gasteiger partial charge on any atom is 0.264 e. The highest BCUT2D eigenvalue weighted by Crippen LogP contribution is 2.31. The third kappa shape index (κ3) is 4.08. The van der Waals surface area contributed by atoms with Crippen LogP contribution in [0.1, 0.15) is 28.8 Å². The van der Waals surface area contributed by atoms with Crippen molar-refractivity contribution in [1.29, 1.82) is 0 Å². The van der Waals surface area contributed by atoms with Crippen LogP contribution in [-0.2, 0) is 14.3 Å². The number of hydrogen-bond donors (Lipinski definition) is 1. The molecule has 0 aliphatic heterocycles. The van der Waals surface area contributed by atoms with E-state index in [0.29, 0.717) is 18.4 Å². The fraction of sp³-hybridized carbons (Fsp3) is 0.273. The van der Waals surface area contributed by atoms with E-state index in [1.54, 1.807) is 17.4 Å². The minimum absolute atomic E-state index is 0.0764. The molecule has 5 rings (SSSR count). The van der Waals surface area contributed by atoms with Gasteiger partial charge in [-0.15, -0.1) is 0 Å². The molecule has 160 valence electrons. The van der Waals surface area contributed by atoms with Crippen molar-refractivity contribution in [3.05, 3.63) is 59.8 Å². The van der Waals surface area contributed by atoms with Crippen molar-refractivity contribution in [3.8, 4) is 11.3 Å². The first-order chi connectivity index (χ1) is 14.7. The fourth-order valence-corrected chi connectivity index (χ4v) is 5.56. The van der Waals surface area contributed by atoms with Crippen molar-refractivity contribution in [2.45, 2.75) is 31.9 Å². The zero-order valence-corrected chi connectivity index (χ0v) is 18.7. The molecule has 1 amide bonds. The van der Waals surface area contributed by atoms with Crippen LogP contribution in [0.3, 0.4) is 0 Å². The highest BCUT2D eigenvalue weighted by atomic mass is 32.2. The van der Waals surface area contributed by atoms with Gasteiger partial charge >= 0.3 is 0 Å². The molecule has 0 saturated heterocycles. The number of fused-ring (bicyclic) bond motifs is 3. The molecule has 1 aliphatic rings. The van der Waals surface area contributed by atoms with E-state index in [9.17, 15) is 13.2 Å². The number of aromatic nitrogens is 2. The number of benzene rings is 2. The van der Waals surface area contributed by atoms with E-state index in [-0.39, 0.29) is 18.1 Å². The molecule has 4 aromatic rings. The predicted octanol–water partition coefficient (Wildman–Crippen LogP) is 3.76. The third-order valence-electron chi connectivity index (χ3n) is 5.41. The summed E-state index contributed by atoms with van der Waals surface area (Å²) in [4.78, 5) is 18.3. The van der Waals surface area contributed by atoms with Gasteiger partial charge in [-0.05, 0) is 44.0 Å². The van der Waals surface area contributed by atoms with Crippen LogP contribution in [0, 0.1) is 6.92 Å². The molecule has 0 radical (unpaired) electrons. The summed E-state index contributed by atoms with van der Waals surface area (Å²) >= 11 is 1.54. The highest BCUT2D eigenvalue weighted by molar-refractivity contribution is 7.86. The van der Waals surface area contributed by atoms with Crippen LogP contribution in [0.25, 0.3) is 26.4 Å². The summed E-state index contributed by atoms with van der Waals surface area (Å²) in [6, 6.07) is 13.8. The summed E-state index contributed by atoms with van der Waals surface area (Å²) in [6.45, 7) is 2.06. The minimum Gasteiger partial charge on any atom is -0.349 e. The van der Waals surface area contributed by atoms with Gasteiger partial charge in [-0.2, -0.15) is 8.42 Å². The van der Waals surface area contributed by atoms with Crippen molar-refractivity contribution < 1.29 is 17.4 Å². The van der Waals surface area contributed by atoms with Crippen LogP contribution in [0.4, 0.5) is 0 Å². The van der Waals surface area contributed by atoms with Gasteiger partial charge in [-0.3, -0.25) is 13.4 Å². The molecule has 1 aliphatic carbocycles. The number of amides is 1. The van der Waals surface area contributed by atoms with Crippen LogP contribution in [0.15, 0.2) is 48.7 Å². The molecule has 2 aromatic carbocycles. The molecule has 7 nitrogen and oxygen atoms in total. The lowest BCUT2D eigenvalue weighted by Crippen LogP contribution is -2.48. The van der Waals surface area contributed by atoms with E-state index >= 15 is 0 Å². The topological polar surface area (TPSA) is 89.8 Å². The standard InChI is InChI=1S/C22H21N3O4S2/c1-13-4-3-5-14(8-13)18-12-25-19-7-6-15(9-20(19)30-22(25)24-18)21(26)23-16-10-17(11-16)29-31(2,27)28/h3-9,12,16-17H,10-11H2,1-2H3,(H,23,26). The maximum absolute atomic E-state index is 12.6. The normalized spacial score (nSPS) is 18.9. The van der Waals surface area contributed by atoms with Gasteiger partial charge in [-0.1, -0.05) is 35.1 Å². The molecular weight excluding hydrogens is 434 g/mol. The zero-order valence-electron chi connectivity index (χ0n) is 17.0. The summed E-state index contributed by atoms with van der Waals surface area (Å²) < 4.78 is 30.3. The zero-order chi connectivity index (χ0) is 21.8. The molecule has 0 atom stereocenters. The summed E-state index contributed by atoms with van der Waals surface area (Å²) in [5.74, 6) is -0.170. The van der Waals surface area contributed by atoms with Gasteiger partial charge in [-0.25, -0.2) is 4.98 Å². The van der Waals surface area contributed by atoms with E-state index in [4.69, 9.17) is 9.17 Å². The van der Waals surface area contributed by atoms with Gasteiger partial charge < -0.3 is 5.32 Å². The largest absolute Gasteiger partial charge is 0.349 e. The van der Waals surface area contributed by atoms with E-state index in [0.717, 1.165) is 32.7 Å². The van der Waals surface area contributed by atoms with Crippen molar-refractivity contribution in [2.24, 2.45) is 0 Å². The number of nitrogens with zero attached hydrogens (tertiary/aromatic N) is 2. The first-order valence-corrected chi connectivity index (χ1v) is 12.6. The van der Waals surface area contributed by atoms with Gasteiger partial charge in [0.15, 0.2) is 4.96 Å². The van der Waals surface area contributed by atoms with Gasteiger partial charge in [0.25, 0.3) is 16.0 Å². The summed E-state index contributed by atoms with van der Waals surface area (Å²) in [7, 11) is -3.46. The van der Waals surface area contributed by atoms with Crippen molar-refractivity contribution in [2.75, 3.05) is 6.26 Å². The van der Waals surface area contributed by atoms with E-state index in [1.807, 2.05) is 24.4 Å². The Kier molecular flexibility index (Phi) is 4.84. The lowest BCUT2D eigenvalue weighted by molar-refractivity contribution is 0.0737. The fourth-order valence-electron chi connectivity index (χ4n) is 3.86. The molecule has 31 heavy (non-hydrogen) atoms. The second-order valence-electron chi connectivity index (χ2n) is 8.00. The Morgan fingerprint density at radius 2 is 2.03 bits per heavy atom. The third-order valence-corrected chi connectivity index (χ3v) is 7.05. The highest BCUT2D eigenvalue weighted by Gasteiger charge is 2.33. The molecule has 0 bridgehead atoms. The smallest absolute Gasteiger partial charge is 0.264 e. The average Bonchev–Trinajstić information content (AvgIpc) is 3.22. The number of carbonyl (C=O) groups is 1. The summed E-state index contributed by atoms with van der Waals surface area (Å²) in [6.07, 6.45) is 3.70. The molecule has 9 heteroatoms. The predicted molar refractivity (Wildman–Crippen MR) is 121 cm³/mol. The molecular formula is C22H21N3O4S2. The number of hydrogen-bond acceptors (Lipinski definition) is 6. The Balaban J connectivity index is 1.33. The second kappa shape index (κ2) is 7.44. The van der Waals surface area contributed by atoms with Crippen molar-refractivity contribution in [1.82, 2.24) is 14.7 Å². The number of nitrogens with one attached hydrogen (secondary N) is 1. The number of carbonyl (C=O) groups excluding carboxylic acids is 1. The molecule has 1 fully saturated rings. The van der Waals surface area contributed by atoms with Gasteiger partial charge in [0, 0.05) is 23.4 Å². The number of thiazole rings is 1. The molecule has 1 saturated carbocycles. The van der Waals surface area contributed by atoms with Gasteiger partial charge in [0.2, 0.25) is 0 Å². The molecule has 2 aromatic heterocycles. The lowest BCUT2D eigenvalue weighted by Gasteiger charge is -2.34. The molecule has 0 spiro atoms. The summed E-state index contributed by atoms with van der Waals surface area (Å²) in [5, 5.41) is 2.95. The number of aryl methyl sites for hydroxylation is 1. The SMILES string of the molecule is Cc1cccc(-c2cn3c(n2)sc2cc(C(=O)NC4CC(OS(C)(=O)=O)C4)ccc23)c1. The summed E-state index contributed by atoms with van der Waals surface area (Å²) in [5.41, 5.74) is 4.78. The quantitative estimate of drug-likeness (QED) is 0.463. The number of rotatable bonds is 5. The monoisotopic (exact) mass is 455 g/mol. The molecule has 2 heterocycles.